The van der Waals surface area contributed by atoms with Crippen LogP contribution in [0.3, 0.4) is 0 Å². The van der Waals surface area contributed by atoms with E-state index < -0.39 is 0 Å². The highest BCUT2D eigenvalue weighted by Gasteiger charge is 1.78. The number of rotatable bonds is 1. The molecule has 0 bridgehead atoms. The number of para-hydroxylation sites is 1. The van der Waals surface area contributed by atoms with Crippen LogP contribution in [0.25, 0.3) is 0 Å². The molecule has 2 nitrogen and oxygen atoms in total. The SMILES string of the molecule is NNc1ccccc1.[C]. The summed E-state index contributed by atoms with van der Waals surface area (Å²) >= 11 is 0. The molecule has 2 heteroatoms. The molecule has 0 saturated heterocycles. The zero-order valence-electron chi connectivity index (χ0n) is 4.96. The van der Waals surface area contributed by atoms with Gasteiger partial charge in [-0.15, -0.1) is 0 Å². The molecule has 0 unspecified atom stereocenters. The van der Waals surface area contributed by atoms with Gasteiger partial charge in [-0.25, -0.2) is 0 Å². The minimum absolute atomic E-state index is 0. The first-order valence-electron chi connectivity index (χ1n) is 2.45. The summed E-state index contributed by atoms with van der Waals surface area (Å²) in [5.74, 6) is 5.10. The van der Waals surface area contributed by atoms with E-state index in [-0.39, 0.29) is 7.43 Å². The normalized spacial score (nSPS) is 7.67. The molecule has 0 saturated carbocycles. The molecule has 1 aromatic carbocycles. The van der Waals surface area contributed by atoms with Crippen molar-refractivity contribution < 1.29 is 0 Å². The van der Waals surface area contributed by atoms with Gasteiger partial charge in [-0.1, -0.05) is 18.2 Å². The average Bonchev–Trinajstić information content (AvgIpc) is 1.90. The van der Waals surface area contributed by atoms with E-state index in [4.69, 9.17) is 5.84 Å². The largest absolute Gasteiger partial charge is 0.324 e. The number of hydrogen-bond acceptors (Lipinski definition) is 2. The van der Waals surface area contributed by atoms with Crippen molar-refractivity contribution in [1.29, 1.82) is 0 Å². The summed E-state index contributed by atoms with van der Waals surface area (Å²) in [4.78, 5) is 0. The fraction of sp³-hybridized carbons (Fsp3) is 0. The van der Waals surface area contributed by atoms with E-state index in [2.05, 4.69) is 5.43 Å². The van der Waals surface area contributed by atoms with Crippen molar-refractivity contribution in [2.24, 2.45) is 5.84 Å². The Labute approximate surface area is 55.7 Å². The predicted molar refractivity (Wildman–Crippen MR) is 37.5 cm³/mol. The third-order valence-electron chi connectivity index (χ3n) is 0.940. The molecule has 46 valence electrons. The van der Waals surface area contributed by atoms with Gasteiger partial charge in [0.1, 0.15) is 0 Å². The van der Waals surface area contributed by atoms with Crippen LogP contribution in [0, 0.1) is 7.43 Å². The lowest BCUT2D eigenvalue weighted by atomic mass is 10.3. The second kappa shape index (κ2) is 3.92. The molecule has 0 aromatic heterocycles. The number of anilines is 1. The van der Waals surface area contributed by atoms with Crippen molar-refractivity contribution in [1.82, 2.24) is 0 Å². The molecule has 4 radical (unpaired) electrons. The van der Waals surface area contributed by atoms with Gasteiger partial charge in [0.15, 0.2) is 0 Å². The van der Waals surface area contributed by atoms with Crippen molar-refractivity contribution in [3.63, 3.8) is 0 Å². The summed E-state index contributed by atoms with van der Waals surface area (Å²) in [5, 5.41) is 0. The van der Waals surface area contributed by atoms with Crippen molar-refractivity contribution in [3.8, 4) is 0 Å². The quantitative estimate of drug-likeness (QED) is 0.429. The Morgan fingerprint density at radius 2 is 1.67 bits per heavy atom. The summed E-state index contributed by atoms with van der Waals surface area (Å²) in [7, 11) is 0. The Hall–Kier alpha value is -1.02. The molecule has 9 heavy (non-hydrogen) atoms. The molecule has 0 atom stereocenters. The number of nitrogen functional groups attached to an aromatic ring is 1. The van der Waals surface area contributed by atoms with Gasteiger partial charge in [0.05, 0.1) is 0 Å². The number of hydrogen-bond donors (Lipinski definition) is 2. The minimum Gasteiger partial charge on any atom is -0.324 e. The third kappa shape index (κ3) is 2.15. The van der Waals surface area contributed by atoms with Crippen molar-refractivity contribution in [2.45, 2.75) is 0 Å². The monoisotopic (exact) mass is 120 g/mol. The Bertz CT molecular complexity index is 148. The fourth-order valence-electron chi connectivity index (χ4n) is 0.534. The summed E-state index contributed by atoms with van der Waals surface area (Å²) in [6.45, 7) is 0. The number of nitrogens with one attached hydrogen (secondary N) is 1. The molecule has 0 heterocycles. The molecular weight excluding hydrogens is 112 g/mol. The van der Waals surface area contributed by atoms with Crippen molar-refractivity contribution in [2.75, 3.05) is 5.43 Å². The highest BCUT2D eigenvalue weighted by Crippen LogP contribution is 2.00. The molecule has 3 N–H and O–H groups in total. The Morgan fingerprint density at radius 3 is 2.00 bits per heavy atom. The predicted octanol–water partition coefficient (Wildman–Crippen LogP) is 1.05. The van der Waals surface area contributed by atoms with Crippen LogP contribution in [0.4, 0.5) is 5.69 Å². The lowest BCUT2D eigenvalue weighted by Crippen LogP contribution is -2.05. The lowest BCUT2D eigenvalue weighted by molar-refractivity contribution is 1.35. The highest BCUT2D eigenvalue weighted by atomic mass is 15.2. The van der Waals surface area contributed by atoms with Gasteiger partial charge < -0.3 is 5.43 Å². The van der Waals surface area contributed by atoms with Gasteiger partial charge in [-0.2, -0.15) is 0 Å². The minimum atomic E-state index is 0. The Morgan fingerprint density at radius 1 is 1.11 bits per heavy atom. The second-order valence-electron chi connectivity index (χ2n) is 1.51. The second-order valence-corrected chi connectivity index (χ2v) is 1.51. The maximum absolute atomic E-state index is 5.10. The third-order valence-corrected chi connectivity index (χ3v) is 0.940. The van der Waals surface area contributed by atoms with E-state index in [0.717, 1.165) is 5.69 Å². The van der Waals surface area contributed by atoms with E-state index in [1.165, 1.54) is 0 Å². The van der Waals surface area contributed by atoms with Gasteiger partial charge in [-0.3, -0.25) is 5.84 Å². The molecule has 0 spiro atoms. The van der Waals surface area contributed by atoms with Gasteiger partial charge in [0, 0.05) is 13.1 Å². The first kappa shape index (κ1) is 7.98. The van der Waals surface area contributed by atoms with Gasteiger partial charge >= 0.3 is 0 Å². The van der Waals surface area contributed by atoms with Gasteiger partial charge in [0.2, 0.25) is 0 Å². The van der Waals surface area contributed by atoms with E-state index in [1.807, 2.05) is 30.3 Å². The number of hydrazine groups is 1. The summed E-state index contributed by atoms with van der Waals surface area (Å²) in [6, 6.07) is 9.60. The van der Waals surface area contributed by atoms with Crippen molar-refractivity contribution >= 4 is 5.69 Å². The number of benzene rings is 1. The molecule has 0 aliphatic rings. The Kier molecular flexibility index (Phi) is 3.48. The van der Waals surface area contributed by atoms with Crippen LogP contribution in [0.2, 0.25) is 0 Å². The van der Waals surface area contributed by atoms with Crippen LogP contribution < -0.4 is 11.3 Å². The average molecular weight is 120 g/mol. The van der Waals surface area contributed by atoms with Crippen LogP contribution in [0.1, 0.15) is 0 Å². The molecule has 1 rings (SSSR count). The molecule has 0 amide bonds. The fourth-order valence-corrected chi connectivity index (χ4v) is 0.534. The first-order chi connectivity index (χ1) is 3.93. The smallest absolute Gasteiger partial charge is 0.0485 e. The molecule has 1 aromatic rings. The van der Waals surface area contributed by atoms with E-state index in [1.54, 1.807) is 0 Å². The Balaban J connectivity index is 0.000000640. The zero-order chi connectivity index (χ0) is 5.82. The van der Waals surface area contributed by atoms with Crippen LogP contribution in [-0.2, 0) is 0 Å². The van der Waals surface area contributed by atoms with Crippen LogP contribution >= 0.6 is 0 Å². The zero-order valence-corrected chi connectivity index (χ0v) is 4.96. The maximum atomic E-state index is 5.10. The van der Waals surface area contributed by atoms with E-state index in [9.17, 15) is 0 Å². The summed E-state index contributed by atoms with van der Waals surface area (Å²) in [6.07, 6.45) is 0. The van der Waals surface area contributed by atoms with Crippen LogP contribution in [-0.4, -0.2) is 0 Å². The van der Waals surface area contributed by atoms with Crippen LogP contribution in [0.15, 0.2) is 30.3 Å². The highest BCUT2D eigenvalue weighted by molar-refractivity contribution is 5.40. The maximum Gasteiger partial charge on any atom is 0.0485 e. The molecular formula is C7H8N2. The van der Waals surface area contributed by atoms with Crippen LogP contribution in [0.5, 0.6) is 0 Å². The summed E-state index contributed by atoms with van der Waals surface area (Å²) < 4.78 is 0. The van der Waals surface area contributed by atoms with Crippen molar-refractivity contribution in [3.05, 3.63) is 37.8 Å². The first-order valence-corrected chi connectivity index (χ1v) is 2.45. The molecule has 0 fully saturated rings. The topological polar surface area (TPSA) is 38.0 Å². The molecule has 0 aliphatic heterocycles. The van der Waals surface area contributed by atoms with Gasteiger partial charge in [-0.05, 0) is 12.1 Å². The molecule has 0 aliphatic carbocycles. The lowest BCUT2D eigenvalue weighted by Gasteiger charge is -1.94. The standard InChI is InChI=1S/C6H8N2.C/c7-8-6-4-2-1-3-5-6;/h1-5,8H,7H2;. The summed E-state index contributed by atoms with van der Waals surface area (Å²) in [5.41, 5.74) is 3.46. The van der Waals surface area contributed by atoms with Gasteiger partial charge in [0.25, 0.3) is 0 Å². The number of nitrogens with two attached hydrogens (primary N) is 1. The van der Waals surface area contributed by atoms with E-state index >= 15 is 0 Å². The van der Waals surface area contributed by atoms with E-state index in [0.29, 0.717) is 0 Å².